The summed E-state index contributed by atoms with van der Waals surface area (Å²) in [5, 5.41) is 6.29. The molecule has 0 aliphatic carbocycles. The molecule has 32 heavy (non-hydrogen) atoms. The van der Waals surface area contributed by atoms with Gasteiger partial charge in [-0.2, -0.15) is 36.6 Å². The van der Waals surface area contributed by atoms with Crippen LogP contribution in [0.2, 0.25) is 20.1 Å². The molecule has 0 unspecified atom stereocenters. The third-order valence-electron chi connectivity index (χ3n) is 4.02. The molecule has 0 saturated carbocycles. The van der Waals surface area contributed by atoms with Crippen molar-refractivity contribution in [1.29, 1.82) is 0 Å². The number of rotatable bonds is 4. The van der Waals surface area contributed by atoms with Gasteiger partial charge in [-0.3, -0.25) is 0 Å². The minimum absolute atomic E-state index is 0.0540. The van der Waals surface area contributed by atoms with E-state index in [1.165, 1.54) is 12.1 Å². The summed E-state index contributed by atoms with van der Waals surface area (Å²) in [6.07, 6.45) is -9.25. The third-order valence-corrected chi connectivity index (χ3v) is 5.19. The molecule has 0 atom stereocenters. The van der Waals surface area contributed by atoms with Crippen molar-refractivity contribution in [2.45, 2.75) is 18.9 Å². The van der Waals surface area contributed by atoms with Crippen LogP contribution in [0.5, 0.6) is 0 Å². The molecule has 0 fully saturated rings. The fourth-order valence-electron chi connectivity index (χ4n) is 2.57. The van der Waals surface area contributed by atoms with Crippen LogP contribution in [0.4, 0.5) is 32.0 Å². The highest BCUT2D eigenvalue weighted by atomic mass is 35.5. The molecule has 0 bridgehead atoms. The van der Waals surface area contributed by atoms with E-state index in [4.69, 9.17) is 50.8 Å². The molecule has 1 heterocycles. The lowest BCUT2D eigenvalue weighted by molar-refractivity contribution is -0.138. The quantitative estimate of drug-likeness (QED) is 0.242. The van der Waals surface area contributed by atoms with Gasteiger partial charge in [0.2, 0.25) is 0 Å². The Morgan fingerprint density at radius 3 is 1.66 bits per heavy atom. The molecule has 170 valence electrons. The lowest BCUT2D eigenvalue weighted by atomic mass is 10.1. The molecule has 3 rings (SSSR count). The smallest absolute Gasteiger partial charge is 0.416 e. The van der Waals surface area contributed by atoms with Crippen molar-refractivity contribution in [3.8, 4) is 11.3 Å². The molecule has 0 saturated heterocycles. The lowest BCUT2D eigenvalue weighted by Gasteiger charge is -2.10. The number of alkyl halides is 6. The Balaban J connectivity index is 1.81. The first-order valence-electron chi connectivity index (χ1n) is 8.36. The van der Waals surface area contributed by atoms with Crippen molar-refractivity contribution in [3.63, 3.8) is 0 Å². The molecule has 1 aromatic heterocycles. The molecule has 0 radical (unpaired) electrons. The maximum absolute atomic E-state index is 12.9. The SMILES string of the molecule is FC(F)(F)c1cc(Cl)c(N=NCc2ccc(-c3c(Cl)cc(C(F)(F)F)cc3Cl)o2)c(Cl)c1. The van der Waals surface area contributed by atoms with E-state index in [1.807, 2.05) is 0 Å². The number of hydrogen-bond acceptors (Lipinski definition) is 3. The first-order chi connectivity index (χ1) is 14.8. The Morgan fingerprint density at radius 2 is 1.19 bits per heavy atom. The molecule has 0 N–H and O–H groups in total. The first-order valence-corrected chi connectivity index (χ1v) is 9.87. The van der Waals surface area contributed by atoms with Crippen molar-refractivity contribution in [2.75, 3.05) is 0 Å². The van der Waals surface area contributed by atoms with E-state index in [9.17, 15) is 26.3 Å². The van der Waals surface area contributed by atoms with Crippen LogP contribution in [0, 0.1) is 0 Å². The second kappa shape index (κ2) is 9.13. The van der Waals surface area contributed by atoms with Crippen molar-refractivity contribution in [3.05, 3.63) is 73.4 Å². The maximum Gasteiger partial charge on any atom is 0.416 e. The van der Waals surface area contributed by atoms with Gasteiger partial charge in [0.05, 0.1) is 36.8 Å². The van der Waals surface area contributed by atoms with Gasteiger partial charge in [0.15, 0.2) is 0 Å². The molecule has 3 nitrogen and oxygen atoms in total. The Kier molecular flexibility index (Phi) is 7.05. The van der Waals surface area contributed by atoms with Crippen LogP contribution in [0.15, 0.2) is 51.0 Å². The summed E-state index contributed by atoms with van der Waals surface area (Å²) >= 11 is 23.5. The Morgan fingerprint density at radius 1 is 0.719 bits per heavy atom. The van der Waals surface area contributed by atoms with E-state index in [0.29, 0.717) is 12.1 Å². The highest BCUT2D eigenvalue weighted by Gasteiger charge is 2.33. The molecule has 2 aromatic carbocycles. The van der Waals surface area contributed by atoms with Gasteiger partial charge in [-0.15, -0.1) is 0 Å². The van der Waals surface area contributed by atoms with Crippen LogP contribution in [0.25, 0.3) is 11.3 Å². The predicted octanol–water partition coefficient (Wildman–Crippen LogP) is 9.88. The zero-order valence-corrected chi connectivity index (χ0v) is 18.3. The average Bonchev–Trinajstić information content (AvgIpc) is 3.10. The Bertz CT molecular complexity index is 1140. The average molecular weight is 536 g/mol. The third kappa shape index (κ3) is 5.51. The van der Waals surface area contributed by atoms with Crippen LogP contribution >= 0.6 is 46.4 Å². The molecule has 0 aliphatic heterocycles. The molecular weight excluding hydrogens is 528 g/mol. The van der Waals surface area contributed by atoms with Crippen LogP contribution in [-0.2, 0) is 18.9 Å². The van der Waals surface area contributed by atoms with E-state index < -0.39 is 23.5 Å². The van der Waals surface area contributed by atoms with Crippen molar-refractivity contribution in [1.82, 2.24) is 0 Å². The van der Waals surface area contributed by atoms with E-state index in [-0.39, 0.29) is 49.4 Å². The monoisotopic (exact) mass is 534 g/mol. The van der Waals surface area contributed by atoms with Gasteiger partial charge < -0.3 is 4.42 Å². The number of halogens is 10. The fourth-order valence-corrected chi connectivity index (χ4v) is 3.81. The van der Waals surface area contributed by atoms with Gasteiger partial charge >= 0.3 is 12.4 Å². The summed E-state index contributed by atoms with van der Waals surface area (Å²) in [6, 6.07) is 5.65. The number of nitrogens with zero attached hydrogens (tertiary/aromatic N) is 2. The number of azo groups is 1. The van der Waals surface area contributed by atoms with Crippen molar-refractivity contribution in [2.24, 2.45) is 10.2 Å². The van der Waals surface area contributed by atoms with E-state index in [0.717, 1.165) is 12.1 Å². The summed E-state index contributed by atoms with van der Waals surface area (Å²) in [5.41, 5.74) is -2.16. The standard InChI is InChI=1S/C19H8Cl4F6N2O/c20-11-3-8(18(24,25)26)4-12(21)16(11)15-2-1-10(32-15)7-30-31-17-13(22)5-9(6-14(17)23)19(27,28)29/h1-6H,7H2. The lowest BCUT2D eigenvalue weighted by Crippen LogP contribution is -2.05. The highest BCUT2D eigenvalue weighted by molar-refractivity contribution is 6.39. The van der Waals surface area contributed by atoms with Crippen molar-refractivity contribution < 1.29 is 30.8 Å². The van der Waals surface area contributed by atoms with Gasteiger partial charge in [-0.05, 0) is 36.4 Å². The topological polar surface area (TPSA) is 37.9 Å². The second-order valence-corrected chi connectivity index (χ2v) is 7.89. The van der Waals surface area contributed by atoms with Crippen molar-refractivity contribution >= 4 is 52.1 Å². The minimum Gasteiger partial charge on any atom is -0.459 e. The predicted molar refractivity (Wildman–Crippen MR) is 109 cm³/mol. The highest BCUT2D eigenvalue weighted by Crippen LogP contribution is 2.42. The normalized spacial score (nSPS) is 12.7. The number of hydrogen-bond donors (Lipinski definition) is 0. The summed E-state index contributed by atoms with van der Waals surface area (Å²) in [6.45, 7) is -0.177. The van der Waals surface area contributed by atoms with Crippen LogP contribution in [0.1, 0.15) is 16.9 Å². The second-order valence-electron chi connectivity index (χ2n) is 6.26. The molecular formula is C19H8Cl4F6N2O. The Hall–Kier alpha value is -1.94. The molecule has 13 heteroatoms. The number of benzene rings is 2. The molecule has 0 aliphatic rings. The fraction of sp³-hybridized carbons (Fsp3) is 0.158. The summed E-state index contributed by atoms with van der Waals surface area (Å²) in [5.74, 6) is 0.305. The molecule has 0 amide bonds. The molecule has 3 aromatic rings. The maximum atomic E-state index is 12.9. The number of furan rings is 1. The van der Waals surface area contributed by atoms with E-state index in [2.05, 4.69) is 10.2 Å². The largest absolute Gasteiger partial charge is 0.459 e. The van der Waals surface area contributed by atoms with Gasteiger partial charge in [-0.25, -0.2) is 0 Å². The minimum atomic E-state index is -4.63. The van der Waals surface area contributed by atoms with Gasteiger partial charge in [-0.1, -0.05) is 46.4 Å². The zero-order valence-electron chi connectivity index (χ0n) is 15.3. The van der Waals surface area contributed by atoms with Crippen LogP contribution in [0.3, 0.4) is 0 Å². The van der Waals surface area contributed by atoms with Gasteiger partial charge in [0.25, 0.3) is 0 Å². The molecule has 0 spiro atoms. The van der Waals surface area contributed by atoms with Gasteiger partial charge in [0.1, 0.15) is 23.8 Å². The summed E-state index contributed by atoms with van der Waals surface area (Å²) in [7, 11) is 0. The zero-order chi connectivity index (χ0) is 23.8. The Labute approximate surface area is 196 Å². The summed E-state index contributed by atoms with van der Waals surface area (Å²) < 4.78 is 82.4. The van der Waals surface area contributed by atoms with Gasteiger partial charge in [0, 0.05) is 0 Å². The van der Waals surface area contributed by atoms with Crippen LogP contribution in [-0.4, -0.2) is 0 Å². The first kappa shape index (κ1) is 24.7. The summed E-state index contributed by atoms with van der Waals surface area (Å²) in [4.78, 5) is 0. The van der Waals surface area contributed by atoms with E-state index >= 15 is 0 Å². The van der Waals surface area contributed by atoms with Crippen LogP contribution < -0.4 is 0 Å². The van der Waals surface area contributed by atoms with E-state index in [1.54, 1.807) is 0 Å².